The molecule has 1 aromatic rings. The van der Waals surface area contributed by atoms with E-state index in [0.29, 0.717) is 30.3 Å². The van der Waals surface area contributed by atoms with Crippen LogP contribution in [0.3, 0.4) is 0 Å². The Labute approximate surface area is 173 Å². The fraction of sp³-hybridized carbons (Fsp3) is 0.619. The lowest BCUT2D eigenvalue weighted by molar-refractivity contribution is -0.126. The molecule has 2 aliphatic rings. The molecule has 0 aromatic heterocycles. The van der Waals surface area contributed by atoms with Gasteiger partial charge in [-0.15, -0.1) is 12.4 Å². The third kappa shape index (κ3) is 4.61. The van der Waals surface area contributed by atoms with Crippen molar-refractivity contribution in [3.05, 3.63) is 18.2 Å². The van der Waals surface area contributed by atoms with Gasteiger partial charge in [0.05, 0.1) is 18.2 Å². The lowest BCUT2D eigenvalue weighted by Gasteiger charge is -2.37. The van der Waals surface area contributed by atoms with E-state index >= 15 is 0 Å². The first-order chi connectivity index (χ1) is 12.6. The number of rotatable bonds is 2. The zero-order chi connectivity index (χ0) is 19.8. The minimum absolute atomic E-state index is 0. The maximum atomic E-state index is 12.8. The molecule has 3 N–H and O–H groups in total. The van der Waals surface area contributed by atoms with Gasteiger partial charge in [0.2, 0.25) is 11.8 Å². The van der Waals surface area contributed by atoms with Crippen molar-refractivity contribution in [3.63, 3.8) is 0 Å². The van der Waals surface area contributed by atoms with Crippen molar-refractivity contribution in [1.29, 1.82) is 0 Å². The van der Waals surface area contributed by atoms with Gasteiger partial charge in [0, 0.05) is 16.6 Å². The van der Waals surface area contributed by atoms with Crippen molar-refractivity contribution in [3.8, 4) is 5.75 Å². The summed E-state index contributed by atoms with van der Waals surface area (Å²) in [6.07, 6.45) is 3.76. The number of hydrogen-bond acceptors (Lipinski definition) is 4. The van der Waals surface area contributed by atoms with Gasteiger partial charge in [0.25, 0.3) is 0 Å². The molecule has 0 radical (unpaired) electrons. The molecule has 6 nitrogen and oxygen atoms in total. The van der Waals surface area contributed by atoms with E-state index in [2.05, 4.69) is 5.32 Å². The number of ether oxygens (including phenoxy) is 1. The fourth-order valence-corrected chi connectivity index (χ4v) is 3.93. The first-order valence-electron chi connectivity index (χ1n) is 9.78. The average Bonchev–Trinajstić information content (AvgIpc) is 2.59. The van der Waals surface area contributed by atoms with Crippen molar-refractivity contribution >= 4 is 35.6 Å². The molecule has 1 heterocycles. The minimum Gasteiger partial charge on any atom is -0.490 e. The van der Waals surface area contributed by atoms with Gasteiger partial charge in [0.1, 0.15) is 12.4 Å². The first kappa shape index (κ1) is 22.5. The van der Waals surface area contributed by atoms with Crippen molar-refractivity contribution < 1.29 is 14.3 Å². The van der Waals surface area contributed by atoms with Gasteiger partial charge in [-0.25, -0.2) is 0 Å². The summed E-state index contributed by atoms with van der Waals surface area (Å²) < 4.78 is 5.70. The third-order valence-electron chi connectivity index (χ3n) is 5.55. The molecule has 0 saturated heterocycles. The molecular formula is C21H32ClN3O3. The van der Waals surface area contributed by atoms with Crippen LogP contribution in [0.2, 0.25) is 0 Å². The molecule has 1 fully saturated rings. The number of nitrogens with two attached hydrogens (primary N) is 1. The molecule has 1 aromatic carbocycles. The Morgan fingerprint density at radius 3 is 2.64 bits per heavy atom. The van der Waals surface area contributed by atoms with E-state index in [1.165, 1.54) is 0 Å². The summed E-state index contributed by atoms with van der Waals surface area (Å²) in [4.78, 5) is 27.4. The zero-order valence-corrected chi connectivity index (χ0v) is 18.0. The molecule has 156 valence electrons. The molecule has 0 spiro atoms. The quantitative estimate of drug-likeness (QED) is 0.779. The highest BCUT2D eigenvalue weighted by atomic mass is 35.5. The van der Waals surface area contributed by atoms with Crippen LogP contribution in [0, 0.1) is 11.3 Å². The van der Waals surface area contributed by atoms with Crippen LogP contribution in [0.1, 0.15) is 53.4 Å². The second-order valence-corrected chi connectivity index (χ2v) is 9.03. The molecule has 1 saturated carbocycles. The Balaban J connectivity index is 0.00000280. The highest BCUT2D eigenvalue weighted by Gasteiger charge is 2.38. The number of carbonyl (C=O) groups excluding carboxylic acids is 2. The summed E-state index contributed by atoms with van der Waals surface area (Å²) in [5.74, 6) is 0.450. The van der Waals surface area contributed by atoms with E-state index in [9.17, 15) is 9.59 Å². The average molecular weight is 410 g/mol. The number of benzene rings is 1. The van der Waals surface area contributed by atoms with Crippen LogP contribution in [0.15, 0.2) is 18.2 Å². The number of hydrogen-bond donors (Lipinski definition) is 2. The van der Waals surface area contributed by atoms with Gasteiger partial charge >= 0.3 is 0 Å². The summed E-state index contributed by atoms with van der Waals surface area (Å²) in [6, 6.07) is 5.46. The number of anilines is 2. The fourth-order valence-electron chi connectivity index (χ4n) is 3.93. The predicted molar refractivity (Wildman–Crippen MR) is 114 cm³/mol. The molecule has 2 atom stereocenters. The van der Waals surface area contributed by atoms with Crippen LogP contribution in [0.4, 0.5) is 11.4 Å². The smallest absolute Gasteiger partial charge is 0.232 e. The molecule has 1 aliphatic heterocycles. The molecule has 2 unspecified atom stereocenters. The van der Waals surface area contributed by atoms with E-state index < -0.39 is 11.0 Å². The topological polar surface area (TPSA) is 84.7 Å². The Hall–Kier alpha value is -1.79. The maximum Gasteiger partial charge on any atom is 0.232 e. The highest BCUT2D eigenvalue weighted by Crippen LogP contribution is 2.37. The maximum absolute atomic E-state index is 12.8. The van der Waals surface area contributed by atoms with E-state index in [4.69, 9.17) is 10.5 Å². The Bertz CT molecular complexity index is 743. The lowest BCUT2D eigenvalue weighted by atomic mass is 9.74. The Kier molecular flexibility index (Phi) is 6.66. The van der Waals surface area contributed by atoms with Crippen LogP contribution in [-0.4, -0.2) is 30.5 Å². The van der Waals surface area contributed by atoms with Crippen LogP contribution >= 0.6 is 12.4 Å². The molecule has 7 heteroatoms. The molecule has 1 aliphatic carbocycles. The molecule has 3 rings (SSSR count). The monoisotopic (exact) mass is 409 g/mol. The van der Waals surface area contributed by atoms with Gasteiger partial charge in [-0.3, -0.25) is 9.59 Å². The molecule has 2 amide bonds. The molecule has 0 bridgehead atoms. The van der Waals surface area contributed by atoms with Gasteiger partial charge < -0.3 is 20.7 Å². The van der Waals surface area contributed by atoms with Crippen LogP contribution in [-0.2, 0) is 9.59 Å². The number of carbonyl (C=O) groups is 2. The van der Waals surface area contributed by atoms with Gasteiger partial charge in [0.15, 0.2) is 0 Å². The Morgan fingerprint density at radius 2 is 2.00 bits per heavy atom. The van der Waals surface area contributed by atoms with Crippen LogP contribution in [0.25, 0.3) is 0 Å². The third-order valence-corrected chi connectivity index (χ3v) is 5.55. The first-order valence-corrected chi connectivity index (χ1v) is 9.78. The minimum atomic E-state index is -0.489. The number of nitrogens with zero attached hydrogens (tertiary/aromatic N) is 1. The molecular weight excluding hydrogens is 378 g/mol. The Morgan fingerprint density at radius 1 is 1.29 bits per heavy atom. The van der Waals surface area contributed by atoms with E-state index in [0.717, 1.165) is 25.7 Å². The number of amides is 2. The van der Waals surface area contributed by atoms with E-state index in [1.807, 2.05) is 45.9 Å². The van der Waals surface area contributed by atoms with Gasteiger partial charge in [-0.05, 0) is 38.0 Å². The molecule has 28 heavy (non-hydrogen) atoms. The summed E-state index contributed by atoms with van der Waals surface area (Å²) in [6.45, 7) is 8.64. The number of fused-ring (bicyclic) bond motifs is 1. The van der Waals surface area contributed by atoms with E-state index in [-0.39, 0.29) is 30.1 Å². The van der Waals surface area contributed by atoms with Crippen molar-refractivity contribution in [1.82, 2.24) is 0 Å². The van der Waals surface area contributed by atoms with Crippen LogP contribution < -0.4 is 20.7 Å². The SMILES string of the molecule is CC(C)(C)C(=O)N1CCOc2ccc(NC(=O)C3CCCCC3(C)N)cc21.Cl. The lowest BCUT2D eigenvalue weighted by Crippen LogP contribution is -2.51. The summed E-state index contributed by atoms with van der Waals surface area (Å²) >= 11 is 0. The van der Waals surface area contributed by atoms with Crippen molar-refractivity contribution in [2.24, 2.45) is 17.1 Å². The highest BCUT2D eigenvalue weighted by molar-refractivity contribution is 6.00. The normalized spacial score (nSPS) is 24.5. The van der Waals surface area contributed by atoms with Crippen molar-refractivity contribution in [2.45, 2.75) is 58.9 Å². The van der Waals surface area contributed by atoms with Crippen LogP contribution in [0.5, 0.6) is 5.75 Å². The summed E-state index contributed by atoms with van der Waals surface area (Å²) in [5, 5.41) is 3.00. The number of nitrogens with one attached hydrogen (secondary N) is 1. The standard InChI is InChI=1S/C21H31N3O3.ClH/c1-20(2,3)19(26)24-11-12-27-17-9-8-14(13-16(17)24)23-18(25)15-7-5-6-10-21(15,4)22;/h8-9,13,15H,5-7,10-12,22H2,1-4H3,(H,23,25);1H. The van der Waals surface area contributed by atoms with Gasteiger partial charge in [-0.1, -0.05) is 33.6 Å². The van der Waals surface area contributed by atoms with Gasteiger partial charge in [-0.2, -0.15) is 0 Å². The number of halogens is 1. The second-order valence-electron chi connectivity index (χ2n) is 9.03. The predicted octanol–water partition coefficient (Wildman–Crippen LogP) is 3.73. The zero-order valence-electron chi connectivity index (χ0n) is 17.2. The largest absolute Gasteiger partial charge is 0.490 e. The van der Waals surface area contributed by atoms with Crippen molar-refractivity contribution in [2.75, 3.05) is 23.4 Å². The summed E-state index contributed by atoms with van der Waals surface area (Å²) in [5.41, 5.74) is 6.77. The summed E-state index contributed by atoms with van der Waals surface area (Å²) in [7, 11) is 0. The second kappa shape index (κ2) is 8.29. The van der Waals surface area contributed by atoms with E-state index in [1.54, 1.807) is 4.90 Å².